The fourth-order valence-electron chi connectivity index (χ4n) is 1.92. The maximum atomic E-state index is 11.1. The van der Waals surface area contributed by atoms with Gasteiger partial charge in [0, 0.05) is 27.2 Å². The van der Waals surface area contributed by atoms with Crippen LogP contribution in [-0.4, -0.2) is 54.2 Å². The van der Waals surface area contributed by atoms with Gasteiger partial charge in [0.15, 0.2) is 12.4 Å². The van der Waals surface area contributed by atoms with E-state index in [1.165, 1.54) is 20.8 Å². The van der Waals surface area contributed by atoms with E-state index >= 15 is 0 Å². The lowest BCUT2D eigenvalue weighted by Crippen LogP contribution is -2.42. The van der Waals surface area contributed by atoms with Crippen LogP contribution in [0.4, 0.5) is 0 Å². The highest BCUT2D eigenvalue weighted by Crippen LogP contribution is 2.26. The van der Waals surface area contributed by atoms with E-state index in [2.05, 4.69) is 0 Å². The molecule has 4 atom stereocenters. The number of carbonyl (C=O) groups excluding carboxylic acids is 3. The Morgan fingerprint density at radius 1 is 1.20 bits per heavy atom. The molecule has 0 aromatic heterocycles. The van der Waals surface area contributed by atoms with Crippen LogP contribution in [0.1, 0.15) is 27.2 Å². The van der Waals surface area contributed by atoms with Crippen LogP contribution in [0.15, 0.2) is 0 Å². The summed E-state index contributed by atoms with van der Waals surface area (Å²) in [5.74, 6) is -1.70. The monoisotopic (exact) mass is 290 g/mol. The number of aliphatic hydroxyl groups excluding tert-OH is 1. The quantitative estimate of drug-likeness (QED) is 0.534. The molecule has 1 aliphatic rings. The molecule has 8 heteroatoms. The van der Waals surface area contributed by atoms with Crippen molar-refractivity contribution in [1.29, 1.82) is 0 Å². The van der Waals surface area contributed by atoms with Gasteiger partial charge < -0.3 is 24.1 Å². The highest BCUT2D eigenvalue weighted by Gasteiger charge is 2.43. The van der Waals surface area contributed by atoms with Crippen molar-refractivity contribution in [2.45, 2.75) is 51.8 Å². The molecule has 0 unspecified atom stereocenters. The lowest BCUT2D eigenvalue weighted by atomic mass is 10.1. The first-order chi connectivity index (χ1) is 9.29. The molecule has 1 heterocycles. The first kappa shape index (κ1) is 16.4. The minimum Gasteiger partial charge on any atom is -0.462 e. The second-order valence-electron chi connectivity index (χ2n) is 4.39. The van der Waals surface area contributed by atoms with Gasteiger partial charge in [-0.05, 0) is 0 Å². The van der Waals surface area contributed by atoms with Crippen molar-refractivity contribution in [3.8, 4) is 0 Å². The third kappa shape index (κ3) is 5.14. The SMILES string of the molecule is CC(=O)OC[C@H](OC(C)=O)[C@H]1O[C@H](O)C[C@@H]1OC(C)=O. The Labute approximate surface area is 115 Å². The van der Waals surface area contributed by atoms with E-state index in [4.69, 9.17) is 18.9 Å². The number of hydrogen-bond acceptors (Lipinski definition) is 8. The fraction of sp³-hybridized carbons (Fsp3) is 0.750. The van der Waals surface area contributed by atoms with E-state index in [0.717, 1.165) is 0 Å². The van der Waals surface area contributed by atoms with E-state index in [1.807, 2.05) is 0 Å². The summed E-state index contributed by atoms with van der Waals surface area (Å²) in [6.45, 7) is 3.37. The van der Waals surface area contributed by atoms with Crippen LogP contribution in [0.25, 0.3) is 0 Å². The van der Waals surface area contributed by atoms with Gasteiger partial charge in [-0.2, -0.15) is 0 Å². The Kier molecular flexibility index (Phi) is 5.90. The Bertz CT molecular complexity index is 380. The lowest BCUT2D eigenvalue weighted by Gasteiger charge is -2.26. The van der Waals surface area contributed by atoms with Gasteiger partial charge in [-0.3, -0.25) is 14.4 Å². The molecule has 114 valence electrons. The van der Waals surface area contributed by atoms with Crippen LogP contribution >= 0.6 is 0 Å². The first-order valence-electron chi connectivity index (χ1n) is 6.11. The van der Waals surface area contributed by atoms with Gasteiger partial charge in [-0.25, -0.2) is 0 Å². The molecule has 0 aliphatic carbocycles. The van der Waals surface area contributed by atoms with Crippen molar-refractivity contribution in [3.05, 3.63) is 0 Å². The molecule has 0 amide bonds. The second-order valence-corrected chi connectivity index (χ2v) is 4.39. The molecule has 1 fully saturated rings. The van der Waals surface area contributed by atoms with Crippen LogP contribution in [0.2, 0.25) is 0 Å². The molecule has 1 rings (SSSR count). The van der Waals surface area contributed by atoms with E-state index in [-0.39, 0.29) is 13.0 Å². The summed E-state index contributed by atoms with van der Waals surface area (Å²) in [7, 11) is 0. The van der Waals surface area contributed by atoms with E-state index in [0.29, 0.717) is 0 Å². The highest BCUT2D eigenvalue weighted by molar-refractivity contribution is 5.67. The number of carbonyl (C=O) groups is 3. The molecule has 1 aliphatic heterocycles. The summed E-state index contributed by atoms with van der Waals surface area (Å²) >= 11 is 0. The molecule has 0 radical (unpaired) electrons. The molecule has 0 saturated carbocycles. The average molecular weight is 290 g/mol. The molecule has 0 aromatic carbocycles. The maximum absolute atomic E-state index is 11.1. The predicted molar refractivity (Wildman–Crippen MR) is 63.2 cm³/mol. The Morgan fingerprint density at radius 3 is 2.35 bits per heavy atom. The summed E-state index contributed by atoms with van der Waals surface area (Å²) in [5, 5.41) is 9.48. The van der Waals surface area contributed by atoms with Gasteiger partial charge in [0.25, 0.3) is 0 Å². The van der Waals surface area contributed by atoms with Gasteiger partial charge in [0.1, 0.15) is 18.8 Å². The van der Waals surface area contributed by atoms with Crippen molar-refractivity contribution >= 4 is 17.9 Å². The van der Waals surface area contributed by atoms with Crippen molar-refractivity contribution in [2.24, 2.45) is 0 Å². The van der Waals surface area contributed by atoms with Gasteiger partial charge >= 0.3 is 17.9 Å². The molecule has 0 bridgehead atoms. The first-order valence-corrected chi connectivity index (χ1v) is 6.11. The summed E-state index contributed by atoms with van der Waals surface area (Å²) in [6, 6.07) is 0. The van der Waals surface area contributed by atoms with E-state index in [9.17, 15) is 19.5 Å². The minimum atomic E-state index is -1.14. The van der Waals surface area contributed by atoms with Crippen LogP contribution in [0, 0.1) is 0 Å². The van der Waals surface area contributed by atoms with Crippen molar-refractivity contribution in [3.63, 3.8) is 0 Å². The molecule has 0 aromatic rings. The minimum absolute atomic E-state index is 0.0576. The molecule has 1 saturated heterocycles. The molecular formula is C12H18O8. The molecule has 8 nitrogen and oxygen atoms in total. The zero-order valence-corrected chi connectivity index (χ0v) is 11.5. The van der Waals surface area contributed by atoms with Crippen LogP contribution in [0.5, 0.6) is 0 Å². The zero-order chi connectivity index (χ0) is 15.3. The third-order valence-electron chi connectivity index (χ3n) is 2.57. The number of hydrogen-bond donors (Lipinski definition) is 1. The molecule has 20 heavy (non-hydrogen) atoms. The van der Waals surface area contributed by atoms with Gasteiger partial charge in [-0.1, -0.05) is 0 Å². The standard InChI is InChI=1S/C12H18O8/c1-6(13)17-5-10(19-8(3)15)12-9(18-7(2)14)4-11(16)20-12/h9-12,16H,4-5H2,1-3H3/t9-,10-,11-,12-/m0/s1. The Morgan fingerprint density at radius 2 is 1.85 bits per heavy atom. The average Bonchev–Trinajstić information content (AvgIpc) is 2.63. The summed E-state index contributed by atoms with van der Waals surface area (Å²) in [6.07, 6.45) is -3.71. The molecule has 0 spiro atoms. The van der Waals surface area contributed by atoms with Gasteiger partial charge in [-0.15, -0.1) is 0 Å². The second kappa shape index (κ2) is 7.20. The Balaban J connectivity index is 2.76. The number of rotatable bonds is 5. The van der Waals surface area contributed by atoms with E-state index in [1.54, 1.807) is 0 Å². The van der Waals surface area contributed by atoms with Gasteiger partial charge in [0.05, 0.1) is 0 Å². The summed E-state index contributed by atoms with van der Waals surface area (Å²) < 4.78 is 20.0. The van der Waals surface area contributed by atoms with Crippen molar-refractivity contribution in [1.82, 2.24) is 0 Å². The number of ether oxygens (including phenoxy) is 4. The van der Waals surface area contributed by atoms with Crippen molar-refractivity contribution in [2.75, 3.05) is 6.61 Å². The highest BCUT2D eigenvalue weighted by atomic mass is 16.7. The normalized spacial score (nSPS) is 26.7. The van der Waals surface area contributed by atoms with Gasteiger partial charge in [0.2, 0.25) is 0 Å². The number of aliphatic hydroxyl groups is 1. The van der Waals surface area contributed by atoms with E-state index < -0.39 is 42.5 Å². The molecular weight excluding hydrogens is 272 g/mol. The Hall–Kier alpha value is -1.67. The summed E-state index contributed by atoms with van der Waals surface area (Å²) in [4.78, 5) is 32.9. The third-order valence-corrected chi connectivity index (χ3v) is 2.57. The molecule has 1 N–H and O–H groups in total. The maximum Gasteiger partial charge on any atom is 0.303 e. The zero-order valence-electron chi connectivity index (χ0n) is 11.5. The largest absolute Gasteiger partial charge is 0.462 e. The smallest absolute Gasteiger partial charge is 0.303 e. The fourth-order valence-corrected chi connectivity index (χ4v) is 1.92. The van der Waals surface area contributed by atoms with Crippen LogP contribution in [0.3, 0.4) is 0 Å². The van der Waals surface area contributed by atoms with Crippen LogP contribution < -0.4 is 0 Å². The van der Waals surface area contributed by atoms with Crippen molar-refractivity contribution < 1.29 is 38.4 Å². The number of esters is 3. The topological polar surface area (TPSA) is 108 Å². The predicted octanol–water partition coefficient (Wildman–Crippen LogP) is -0.480. The van der Waals surface area contributed by atoms with Crippen LogP contribution in [-0.2, 0) is 33.3 Å². The summed E-state index contributed by atoms with van der Waals surface area (Å²) in [5.41, 5.74) is 0. The lowest BCUT2D eigenvalue weighted by molar-refractivity contribution is -0.182.